The van der Waals surface area contributed by atoms with Crippen LogP contribution in [0.15, 0.2) is 0 Å². The maximum absolute atomic E-state index is 12.6. The van der Waals surface area contributed by atoms with Crippen LogP contribution in [0.4, 0.5) is 0 Å². The van der Waals surface area contributed by atoms with Gasteiger partial charge in [0.05, 0.1) is 19.6 Å². The van der Waals surface area contributed by atoms with Crippen LogP contribution in [-0.4, -0.2) is 79.7 Å². The molecule has 10 heteroatoms. The quantitative estimate of drug-likeness (QED) is 0.140. The molecule has 39 heavy (non-hydrogen) atoms. The Hall–Kier alpha value is -2.62. The van der Waals surface area contributed by atoms with Gasteiger partial charge in [-0.05, 0) is 45.4 Å². The minimum atomic E-state index is -0.244. The number of rotatable bonds is 26. The first-order chi connectivity index (χ1) is 18.7. The van der Waals surface area contributed by atoms with Crippen molar-refractivity contribution < 1.29 is 28.8 Å². The Morgan fingerprint density at radius 1 is 0.538 bits per heavy atom. The molecule has 0 heterocycles. The third-order valence-electron chi connectivity index (χ3n) is 6.40. The van der Waals surface area contributed by atoms with E-state index >= 15 is 0 Å². The van der Waals surface area contributed by atoms with Gasteiger partial charge in [-0.1, -0.05) is 32.6 Å². The molecule has 3 N–H and O–H groups in total. The van der Waals surface area contributed by atoms with Crippen LogP contribution in [0.2, 0.25) is 0 Å². The summed E-state index contributed by atoms with van der Waals surface area (Å²) in [5, 5.41) is 8.26. The van der Waals surface area contributed by atoms with Crippen LogP contribution in [0, 0.1) is 0 Å². The molecule has 0 aliphatic rings. The summed E-state index contributed by atoms with van der Waals surface area (Å²) < 4.78 is 0. The Morgan fingerprint density at radius 2 is 1.00 bits per heavy atom. The van der Waals surface area contributed by atoms with Crippen molar-refractivity contribution in [1.82, 2.24) is 20.9 Å². The lowest BCUT2D eigenvalue weighted by atomic mass is 10.1. The normalized spacial score (nSPS) is 10.8. The van der Waals surface area contributed by atoms with Crippen molar-refractivity contribution in [3.05, 3.63) is 0 Å². The van der Waals surface area contributed by atoms with Crippen molar-refractivity contribution >= 4 is 35.1 Å². The number of carbonyl (C=O) groups is 6. The fourth-order valence-electron chi connectivity index (χ4n) is 4.03. The van der Waals surface area contributed by atoms with E-state index in [2.05, 4.69) is 16.0 Å². The van der Waals surface area contributed by atoms with E-state index < -0.39 is 0 Å². The molecule has 0 spiro atoms. The van der Waals surface area contributed by atoms with Crippen LogP contribution in [0.5, 0.6) is 0 Å². The first kappa shape index (κ1) is 36.4. The van der Waals surface area contributed by atoms with Crippen molar-refractivity contribution in [2.75, 3.05) is 39.8 Å². The lowest BCUT2D eigenvalue weighted by molar-refractivity contribution is -0.127. The highest BCUT2D eigenvalue weighted by atomic mass is 16.2. The molecule has 0 saturated heterocycles. The summed E-state index contributed by atoms with van der Waals surface area (Å²) in [5.41, 5.74) is 0. The number of hydrogen-bond donors (Lipinski definition) is 3. The smallest absolute Gasteiger partial charge is 0.234 e. The molecule has 10 nitrogen and oxygen atoms in total. The molecule has 0 unspecified atom stereocenters. The van der Waals surface area contributed by atoms with Gasteiger partial charge < -0.3 is 20.7 Å². The first-order valence-corrected chi connectivity index (χ1v) is 14.7. The van der Waals surface area contributed by atoms with Gasteiger partial charge >= 0.3 is 0 Å². The summed E-state index contributed by atoms with van der Waals surface area (Å²) in [4.78, 5) is 72.8. The van der Waals surface area contributed by atoms with Gasteiger partial charge in [0.1, 0.15) is 17.3 Å². The van der Waals surface area contributed by atoms with Crippen LogP contribution in [0.1, 0.15) is 110 Å². The van der Waals surface area contributed by atoms with E-state index in [1.165, 1.54) is 0 Å². The molecular weight excluding hydrogens is 500 g/mol. The zero-order chi connectivity index (χ0) is 29.3. The van der Waals surface area contributed by atoms with Gasteiger partial charge in [0, 0.05) is 52.2 Å². The van der Waals surface area contributed by atoms with Gasteiger partial charge in [0.2, 0.25) is 17.7 Å². The second-order valence-corrected chi connectivity index (χ2v) is 10.2. The zero-order valence-corrected chi connectivity index (χ0v) is 24.5. The van der Waals surface area contributed by atoms with Gasteiger partial charge in [-0.25, -0.2) is 0 Å². The highest BCUT2D eigenvalue weighted by molar-refractivity contribution is 5.85. The van der Waals surface area contributed by atoms with E-state index in [4.69, 9.17) is 0 Å². The molecule has 0 saturated carbocycles. The number of hydrogen-bond acceptors (Lipinski definition) is 7. The second-order valence-electron chi connectivity index (χ2n) is 10.2. The number of nitrogens with one attached hydrogen (secondary N) is 3. The molecule has 224 valence electrons. The van der Waals surface area contributed by atoms with E-state index in [1.807, 2.05) is 6.92 Å². The number of amides is 3. The predicted molar refractivity (Wildman–Crippen MR) is 152 cm³/mol. The number of unbranched alkanes of at least 4 members (excludes halogenated alkanes) is 7. The van der Waals surface area contributed by atoms with Crippen LogP contribution in [0.25, 0.3) is 0 Å². The van der Waals surface area contributed by atoms with Crippen molar-refractivity contribution in [2.24, 2.45) is 0 Å². The number of carbonyl (C=O) groups excluding carboxylic acids is 6. The Labute approximate surface area is 234 Å². The molecule has 0 rings (SSSR count). The van der Waals surface area contributed by atoms with Crippen LogP contribution >= 0.6 is 0 Å². The summed E-state index contributed by atoms with van der Waals surface area (Å²) in [6, 6.07) is 0. The molecular formula is C29H52N4O6. The number of Topliss-reactive ketones (excluding diaryl/α,β-unsaturated/α-hetero) is 3. The topological polar surface area (TPSA) is 142 Å². The molecule has 0 bridgehead atoms. The second kappa shape index (κ2) is 24.4. The Kier molecular flexibility index (Phi) is 22.8. The largest absolute Gasteiger partial charge is 0.359 e. The van der Waals surface area contributed by atoms with Crippen molar-refractivity contribution in [1.29, 1.82) is 0 Å². The summed E-state index contributed by atoms with van der Waals surface area (Å²) in [7, 11) is 1.61. The summed E-state index contributed by atoms with van der Waals surface area (Å²) in [6.07, 6.45) is 10.6. The SMILES string of the molecule is CCC(=O)CCCCCCC(=O)CN(CC(=O)NCCCCCC(C)=O)CC(=O)NCCCCCC(=O)NC. The van der Waals surface area contributed by atoms with Crippen molar-refractivity contribution in [3.8, 4) is 0 Å². The van der Waals surface area contributed by atoms with Gasteiger partial charge in [-0.2, -0.15) is 0 Å². The van der Waals surface area contributed by atoms with E-state index in [0.717, 1.165) is 64.2 Å². The average molecular weight is 553 g/mol. The summed E-state index contributed by atoms with van der Waals surface area (Å²) in [6.45, 7) is 4.33. The van der Waals surface area contributed by atoms with Gasteiger partial charge in [-0.15, -0.1) is 0 Å². The van der Waals surface area contributed by atoms with Crippen molar-refractivity contribution in [3.63, 3.8) is 0 Å². The lowest BCUT2D eigenvalue weighted by Crippen LogP contribution is -2.45. The number of ketones is 3. The van der Waals surface area contributed by atoms with E-state index in [9.17, 15) is 28.8 Å². The first-order valence-electron chi connectivity index (χ1n) is 14.7. The van der Waals surface area contributed by atoms with E-state index in [0.29, 0.717) is 45.2 Å². The zero-order valence-electron chi connectivity index (χ0n) is 24.5. The molecule has 3 amide bonds. The summed E-state index contributed by atoms with van der Waals surface area (Å²) in [5.74, 6) is -0.0750. The molecule has 0 radical (unpaired) electrons. The van der Waals surface area contributed by atoms with Crippen LogP contribution in [-0.2, 0) is 28.8 Å². The minimum Gasteiger partial charge on any atom is -0.359 e. The van der Waals surface area contributed by atoms with E-state index in [1.54, 1.807) is 18.9 Å². The average Bonchev–Trinajstić information content (AvgIpc) is 2.89. The van der Waals surface area contributed by atoms with Crippen LogP contribution < -0.4 is 16.0 Å². The lowest BCUT2D eigenvalue weighted by Gasteiger charge is -2.21. The molecule has 0 aromatic rings. The minimum absolute atomic E-state index is 0.000256. The van der Waals surface area contributed by atoms with Gasteiger partial charge in [0.15, 0.2) is 0 Å². The molecule has 0 fully saturated rings. The highest BCUT2D eigenvalue weighted by Crippen LogP contribution is 2.08. The number of nitrogens with zero attached hydrogens (tertiary/aromatic N) is 1. The third kappa shape index (κ3) is 24.2. The Balaban J connectivity index is 4.52. The predicted octanol–water partition coefficient (Wildman–Crippen LogP) is 2.87. The summed E-state index contributed by atoms with van der Waals surface area (Å²) >= 11 is 0. The Bertz CT molecular complexity index is 714. The van der Waals surface area contributed by atoms with Crippen LogP contribution in [0.3, 0.4) is 0 Å². The highest BCUT2D eigenvalue weighted by Gasteiger charge is 2.17. The fraction of sp³-hybridized carbons (Fsp3) is 0.793. The van der Waals surface area contributed by atoms with E-state index in [-0.39, 0.29) is 54.7 Å². The van der Waals surface area contributed by atoms with Gasteiger partial charge in [0.25, 0.3) is 0 Å². The van der Waals surface area contributed by atoms with Crippen molar-refractivity contribution in [2.45, 2.75) is 110 Å². The molecule has 0 aromatic carbocycles. The monoisotopic (exact) mass is 552 g/mol. The maximum atomic E-state index is 12.6. The molecule has 0 aliphatic carbocycles. The maximum Gasteiger partial charge on any atom is 0.234 e. The molecule has 0 atom stereocenters. The third-order valence-corrected chi connectivity index (χ3v) is 6.40. The standard InChI is InChI=1S/C29H52N4O6/c1-4-25(35)16-10-5-6-11-17-26(36)21-33(22-28(38)31-19-13-7-9-15-24(2)34)23-29(39)32-20-14-8-12-18-27(37)30-3/h4-23H2,1-3H3,(H,30,37)(H,31,38)(H,32,39). The van der Waals surface area contributed by atoms with Gasteiger partial charge in [-0.3, -0.25) is 28.9 Å². The molecule has 0 aliphatic heterocycles. The fourth-order valence-corrected chi connectivity index (χ4v) is 4.03. The Morgan fingerprint density at radius 3 is 1.49 bits per heavy atom. The molecule has 0 aromatic heterocycles.